The minimum atomic E-state index is -0.357. The fourth-order valence-electron chi connectivity index (χ4n) is 3.31. The molecule has 2 aromatic rings. The molecule has 1 N–H and O–H groups in total. The van der Waals surface area contributed by atoms with Crippen LogP contribution in [-0.2, 0) is 9.53 Å². The molecule has 4 rings (SSSR count). The van der Waals surface area contributed by atoms with Crippen LogP contribution in [-0.4, -0.2) is 27.9 Å². The van der Waals surface area contributed by atoms with Gasteiger partial charge in [0.2, 0.25) is 5.91 Å². The zero-order valence-corrected chi connectivity index (χ0v) is 11.9. The maximum Gasteiger partial charge on any atom is 0.230 e. The van der Waals surface area contributed by atoms with E-state index in [2.05, 4.69) is 10.4 Å². The van der Waals surface area contributed by atoms with E-state index in [-0.39, 0.29) is 29.9 Å². The summed E-state index contributed by atoms with van der Waals surface area (Å²) in [7, 11) is 0. The lowest BCUT2D eigenvalue weighted by atomic mass is 9.88. The second-order valence-corrected chi connectivity index (χ2v) is 5.83. The Hall–Kier alpha value is -2.21. The van der Waals surface area contributed by atoms with E-state index < -0.39 is 0 Å². The number of fused-ring (bicyclic) bond motifs is 2. The van der Waals surface area contributed by atoms with Crippen LogP contribution in [0.4, 0.5) is 10.1 Å². The van der Waals surface area contributed by atoms with Crippen molar-refractivity contribution in [2.45, 2.75) is 31.5 Å². The highest BCUT2D eigenvalue weighted by Crippen LogP contribution is 2.39. The van der Waals surface area contributed by atoms with Crippen LogP contribution in [0.15, 0.2) is 36.7 Å². The van der Waals surface area contributed by atoms with Gasteiger partial charge in [0.25, 0.3) is 0 Å². The van der Waals surface area contributed by atoms with Gasteiger partial charge >= 0.3 is 0 Å². The van der Waals surface area contributed by atoms with Gasteiger partial charge in [-0.2, -0.15) is 5.10 Å². The van der Waals surface area contributed by atoms with Gasteiger partial charge in [-0.15, -0.1) is 0 Å². The number of carbonyl (C=O) groups excluding carboxylic acids is 1. The van der Waals surface area contributed by atoms with E-state index in [4.69, 9.17) is 4.74 Å². The fraction of sp³-hybridized carbons (Fsp3) is 0.375. The van der Waals surface area contributed by atoms with Crippen LogP contribution in [0.1, 0.15) is 19.3 Å². The number of aromatic nitrogens is 2. The number of nitrogens with zero attached hydrogens (tertiary/aromatic N) is 2. The van der Waals surface area contributed by atoms with Gasteiger partial charge in [-0.05, 0) is 31.4 Å². The number of ether oxygens (including phenoxy) is 1. The van der Waals surface area contributed by atoms with E-state index in [0.29, 0.717) is 11.4 Å². The molecule has 1 amide bonds. The summed E-state index contributed by atoms with van der Waals surface area (Å²) in [5.74, 6) is -0.485. The summed E-state index contributed by atoms with van der Waals surface area (Å²) in [6.45, 7) is 0. The first-order valence-corrected chi connectivity index (χ1v) is 7.46. The topological polar surface area (TPSA) is 56.2 Å². The molecule has 5 nitrogen and oxygen atoms in total. The first-order chi connectivity index (χ1) is 10.7. The number of amides is 1. The second-order valence-electron chi connectivity index (χ2n) is 5.83. The zero-order valence-electron chi connectivity index (χ0n) is 11.9. The van der Waals surface area contributed by atoms with Crippen molar-refractivity contribution in [1.82, 2.24) is 9.78 Å². The monoisotopic (exact) mass is 301 g/mol. The third kappa shape index (κ3) is 2.29. The van der Waals surface area contributed by atoms with Crippen molar-refractivity contribution in [2.24, 2.45) is 5.92 Å². The predicted molar refractivity (Wildman–Crippen MR) is 78.2 cm³/mol. The number of hydrogen-bond acceptors (Lipinski definition) is 3. The Morgan fingerprint density at radius 1 is 1.36 bits per heavy atom. The quantitative estimate of drug-likeness (QED) is 0.947. The van der Waals surface area contributed by atoms with E-state index in [0.717, 1.165) is 19.3 Å². The van der Waals surface area contributed by atoms with Crippen molar-refractivity contribution in [1.29, 1.82) is 0 Å². The zero-order chi connectivity index (χ0) is 15.1. The van der Waals surface area contributed by atoms with Gasteiger partial charge in [-0.25, -0.2) is 9.07 Å². The Morgan fingerprint density at radius 2 is 2.23 bits per heavy atom. The van der Waals surface area contributed by atoms with Gasteiger partial charge in [0.05, 0.1) is 36.2 Å². The lowest BCUT2D eigenvalue weighted by molar-refractivity contribution is -0.121. The fourth-order valence-corrected chi connectivity index (χ4v) is 3.31. The minimum absolute atomic E-state index is 0.0414. The van der Waals surface area contributed by atoms with Crippen LogP contribution in [0.5, 0.6) is 0 Å². The summed E-state index contributed by atoms with van der Waals surface area (Å²) < 4.78 is 20.9. The molecule has 0 spiro atoms. The predicted octanol–water partition coefficient (Wildman–Crippen LogP) is 2.52. The highest BCUT2D eigenvalue weighted by molar-refractivity contribution is 5.93. The highest BCUT2D eigenvalue weighted by atomic mass is 19.1. The molecule has 2 bridgehead atoms. The van der Waals surface area contributed by atoms with Gasteiger partial charge in [-0.1, -0.05) is 12.1 Å². The number of para-hydroxylation sites is 1. The number of nitrogens with one attached hydrogen (secondary N) is 1. The molecule has 3 heterocycles. The maximum atomic E-state index is 13.7. The molecule has 2 saturated heterocycles. The van der Waals surface area contributed by atoms with Crippen LogP contribution < -0.4 is 5.32 Å². The average Bonchev–Trinajstić information content (AvgIpc) is 3.23. The Balaban J connectivity index is 1.48. The van der Waals surface area contributed by atoms with E-state index in [9.17, 15) is 9.18 Å². The molecule has 0 aliphatic carbocycles. The first kappa shape index (κ1) is 13.5. The van der Waals surface area contributed by atoms with Crippen LogP contribution >= 0.6 is 0 Å². The Labute approximate surface area is 127 Å². The summed E-state index contributed by atoms with van der Waals surface area (Å²) in [4.78, 5) is 12.3. The largest absolute Gasteiger partial charge is 0.374 e. The molecule has 22 heavy (non-hydrogen) atoms. The summed E-state index contributed by atoms with van der Waals surface area (Å²) >= 11 is 0. The molecule has 1 aromatic heterocycles. The molecular formula is C16H16FN3O2. The lowest BCUT2D eigenvalue weighted by Gasteiger charge is -2.17. The van der Waals surface area contributed by atoms with Gasteiger partial charge in [0, 0.05) is 0 Å². The summed E-state index contributed by atoms with van der Waals surface area (Å²) in [5.41, 5.74) is 0.919. The number of benzene rings is 1. The number of rotatable bonds is 3. The maximum absolute atomic E-state index is 13.7. The molecule has 2 aliphatic heterocycles. The molecule has 3 atom stereocenters. The normalized spacial score (nSPS) is 26.3. The van der Waals surface area contributed by atoms with E-state index in [1.165, 1.54) is 16.9 Å². The van der Waals surface area contributed by atoms with E-state index in [1.807, 2.05) is 0 Å². The molecule has 1 aromatic carbocycles. The molecule has 0 saturated carbocycles. The number of anilines is 1. The van der Waals surface area contributed by atoms with Crippen molar-refractivity contribution in [3.63, 3.8) is 0 Å². The average molecular weight is 301 g/mol. The Bertz CT molecular complexity index is 715. The molecule has 2 aliphatic rings. The van der Waals surface area contributed by atoms with Gasteiger partial charge in [-0.3, -0.25) is 4.79 Å². The summed E-state index contributed by atoms with van der Waals surface area (Å²) in [6.07, 6.45) is 6.23. The number of carbonyl (C=O) groups is 1. The van der Waals surface area contributed by atoms with Crippen molar-refractivity contribution in [3.05, 3.63) is 42.5 Å². The number of halogens is 1. The standard InChI is InChI=1S/C16H16FN3O2/c17-13-3-1-2-4-14(13)20-9-10(8-18-20)19-16(21)12-7-11-5-6-15(12)22-11/h1-4,8-9,11-12,15H,5-7H2,(H,19,21). The second kappa shape index (κ2) is 5.21. The van der Waals surface area contributed by atoms with E-state index >= 15 is 0 Å². The van der Waals surface area contributed by atoms with E-state index in [1.54, 1.807) is 24.4 Å². The molecule has 114 valence electrons. The summed E-state index contributed by atoms with van der Waals surface area (Å²) in [6, 6.07) is 6.38. The highest BCUT2D eigenvalue weighted by Gasteiger charge is 2.44. The Morgan fingerprint density at radius 3 is 2.95 bits per heavy atom. The minimum Gasteiger partial charge on any atom is -0.374 e. The summed E-state index contributed by atoms with van der Waals surface area (Å²) in [5, 5.41) is 6.96. The molecule has 0 radical (unpaired) electrons. The number of hydrogen-bond donors (Lipinski definition) is 1. The van der Waals surface area contributed by atoms with Crippen LogP contribution in [0.3, 0.4) is 0 Å². The van der Waals surface area contributed by atoms with Gasteiger partial charge in [0.1, 0.15) is 11.5 Å². The van der Waals surface area contributed by atoms with Gasteiger partial charge < -0.3 is 10.1 Å². The smallest absolute Gasteiger partial charge is 0.230 e. The van der Waals surface area contributed by atoms with Crippen molar-refractivity contribution < 1.29 is 13.9 Å². The SMILES string of the molecule is O=C(Nc1cnn(-c2ccccc2F)c1)C1CC2CCC1O2. The molecule has 3 unspecified atom stereocenters. The van der Waals surface area contributed by atoms with Crippen molar-refractivity contribution in [2.75, 3.05) is 5.32 Å². The molecule has 2 fully saturated rings. The molecule has 6 heteroatoms. The Kier molecular flexibility index (Phi) is 3.18. The van der Waals surface area contributed by atoms with Crippen molar-refractivity contribution >= 4 is 11.6 Å². The molecular weight excluding hydrogens is 285 g/mol. The lowest BCUT2D eigenvalue weighted by Crippen LogP contribution is -2.30. The first-order valence-electron chi connectivity index (χ1n) is 7.46. The van der Waals surface area contributed by atoms with Crippen LogP contribution in [0, 0.1) is 11.7 Å². The van der Waals surface area contributed by atoms with Crippen LogP contribution in [0.25, 0.3) is 5.69 Å². The van der Waals surface area contributed by atoms with Gasteiger partial charge in [0.15, 0.2) is 0 Å². The third-order valence-electron chi connectivity index (χ3n) is 4.39. The van der Waals surface area contributed by atoms with Crippen LogP contribution in [0.2, 0.25) is 0 Å². The third-order valence-corrected chi connectivity index (χ3v) is 4.39. The van der Waals surface area contributed by atoms with Crippen molar-refractivity contribution in [3.8, 4) is 5.69 Å².